The topological polar surface area (TPSA) is 74.8 Å². The molecule has 0 bridgehead atoms. The van der Waals surface area contributed by atoms with Crippen LogP contribution in [0.15, 0.2) is 23.2 Å². The molecule has 2 aliphatic heterocycles. The second-order valence-corrected chi connectivity index (χ2v) is 8.06. The van der Waals surface area contributed by atoms with E-state index in [1.807, 2.05) is 0 Å². The molecule has 0 amide bonds. The van der Waals surface area contributed by atoms with Crippen LogP contribution in [0.1, 0.15) is 12.8 Å². The van der Waals surface area contributed by atoms with Crippen LogP contribution in [0.2, 0.25) is 0 Å². The minimum atomic E-state index is -3.39. The van der Waals surface area contributed by atoms with E-state index in [1.165, 1.54) is 10.5 Å². The number of hydrogen-bond acceptors (Lipinski definition) is 6. The number of anilines is 1. The molecular weight excluding hydrogens is 316 g/mol. The molecule has 23 heavy (non-hydrogen) atoms. The molecule has 1 aromatic rings. The Morgan fingerprint density at radius 3 is 2.74 bits per heavy atom. The summed E-state index contributed by atoms with van der Waals surface area (Å²) in [5, 5.41) is 3.21. The molecule has 2 fully saturated rings. The molecule has 0 saturated carbocycles. The van der Waals surface area contributed by atoms with E-state index >= 15 is 0 Å². The lowest BCUT2D eigenvalue weighted by Gasteiger charge is -2.30. The summed E-state index contributed by atoms with van der Waals surface area (Å²) in [6.45, 7) is 4.45. The van der Waals surface area contributed by atoms with Crippen LogP contribution in [0.4, 0.5) is 5.82 Å². The van der Waals surface area contributed by atoms with Gasteiger partial charge < -0.3 is 15.0 Å². The average molecular weight is 340 g/mol. The molecule has 3 rings (SSSR count). The van der Waals surface area contributed by atoms with Gasteiger partial charge in [0.05, 0.1) is 12.7 Å². The van der Waals surface area contributed by atoms with Gasteiger partial charge in [-0.25, -0.2) is 13.4 Å². The van der Waals surface area contributed by atoms with Crippen LogP contribution >= 0.6 is 0 Å². The number of nitrogens with one attached hydrogen (secondary N) is 1. The lowest BCUT2D eigenvalue weighted by molar-refractivity contribution is -0.0117. The van der Waals surface area contributed by atoms with Crippen LogP contribution in [0.3, 0.4) is 0 Å². The Balaban J connectivity index is 1.58. The van der Waals surface area contributed by atoms with Crippen molar-refractivity contribution in [2.24, 2.45) is 0 Å². The Kier molecular flexibility index (Phi) is 5.15. The Hall–Kier alpha value is -1.22. The first-order valence-electron chi connectivity index (χ1n) is 8.06. The summed E-state index contributed by atoms with van der Waals surface area (Å²) in [7, 11) is -1.31. The monoisotopic (exact) mass is 340 g/mol. The number of morpholine rings is 1. The highest BCUT2D eigenvalue weighted by atomic mass is 32.2. The van der Waals surface area contributed by atoms with Gasteiger partial charge in [-0.15, -0.1) is 0 Å². The molecule has 0 aliphatic carbocycles. The molecule has 0 radical (unpaired) electrons. The summed E-state index contributed by atoms with van der Waals surface area (Å²) in [6.07, 6.45) is 3.43. The average Bonchev–Trinajstić information content (AvgIpc) is 3.09. The number of rotatable bonds is 5. The lowest BCUT2D eigenvalue weighted by Crippen LogP contribution is -2.43. The normalized spacial score (nSPS) is 24.0. The molecule has 8 heteroatoms. The fourth-order valence-corrected chi connectivity index (χ4v) is 4.39. The largest absolute Gasteiger partial charge is 0.374 e. The number of pyridine rings is 1. The third-order valence-corrected chi connectivity index (χ3v) is 6.17. The van der Waals surface area contributed by atoms with Crippen LogP contribution in [0.25, 0.3) is 0 Å². The predicted molar refractivity (Wildman–Crippen MR) is 88.0 cm³/mol. The number of ether oxygens (including phenoxy) is 1. The quantitative estimate of drug-likeness (QED) is 0.846. The summed E-state index contributed by atoms with van der Waals surface area (Å²) in [4.78, 5) is 6.73. The number of nitrogens with zero attached hydrogens (tertiary/aromatic N) is 3. The van der Waals surface area contributed by atoms with E-state index < -0.39 is 10.0 Å². The minimum Gasteiger partial charge on any atom is -0.374 e. The molecular formula is C15H24N4O3S. The molecule has 7 nitrogen and oxygen atoms in total. The van der Waals surface area contributed by atoms with Crippen LogP contribution in [0.5, 0.6) is 0 Å². The van der Waals surface area contributed by atoms with E-state index in [-0.39, 0.29) is 11.0 Å². The first kappa shape index (κ1) is 16.6. The highest BCUT2D eigenvalue weighted by Gasteiger charge is 2.27. The van der Waals surface area contributed by atoms with Gasteiger partial charge in [0, 0.05) is 38.9 Å². The van der Waals surface area contributed by atoms with E-state index in [0.29, 0.717) is 25.5 Å². The molecule has 1 N–H and O–H groups in total. The van der Waals surface area contributed by atoms with E-state index in [9.17, 15) is 8.42 Å². The van der Waals surface area contributed by atoms with Crippen LogP contribution < -0.4 is 5.32 Å². The summed E-state index contributed by atoms with van der Waals surface area (Å²) in [5.41, 5.74) is 0. The van der Waals surface area contributed by atoms with Crippen molar-refractivity contribution < 1.29 is 13.2 Å². The molecule has 128 valence electrons. The first-order valence-corrected chi connectivity index (χ1v) is 9.50. The molecule has 2 aliphatic rings. The molecule has 0 spiro atoms. The third kappa shape index (κ3) is 4.00. The van der Waals surface area contributed by atoms with Crippen molar-refractivity contribution in [2.75, 3.05) is 51.7 Å². The molecule has 1 aromatic heterocycles. The fourth-order valence-electron chi connectivity index (χ4n) is 2.92. The number of sulfonamides is 1. The van der Waals surface area contributed by atoms with Crippen molar-refractivity contribution in [1.29, 1.82) is 0 Å². The standard InChI is InChI=1S/C15H24N4O3S/c1-18-8-9-22-13(12-18)10-16-15-5-4-14(11-17-15)23(20,21)19-6-2-3-7-19/h4-5,11,13H,2-3,6-10,12H2,1H3,(H,16,17). The third-order valence-electron chi connectivity index (χ3n) is 4.29. The first-order chi connectivity index (χ1) is 11.1. The number of hydrogen-bond donors (Lipinski definition) is 1. The zero-order valence-electron chi connectivity index (χ0n) is 13.4. The predicted octanol–water partition coefficient (Wildman–Crippen LogP) is 0.609. The highest BCUT2D eigenvalue weighted by molar-refractivity contribution is 7.89. The summed E-state index contributed by atoms with van der Waals surface area (Å²) < 4.78 is 32.1. The minimum absolute atomic E-state index is 0.128. The summed E-state index contributed by atoms with van der Waals surface area (Å²) in [6, 6.07) is 3.34. The van der Waals surface area contributed by atoms with Gasteiger partial charge in [0.1, 0.15) is 10.7 Å². The van der Waals surface area contributed by atoms with E-state index in [2.05, 4.69) is 22.2 Å². The van der Waals surface area contributed by atoms with Crippen molar-refractivity contribution in [3.8, 4) is 0 Å². The highest BCUT2D eigenvalue weighted by Crippen LogP contribution is 2.20. The van der Waals surface area contributed by atoms with Crippen molar-refractivity contribution in [3.63, 3.8) is 0 Å². The maximum absolute atomic E-state index is 12.4. The van der Waals surface area contributed by atoms with Gasteiger partial charge in [-0.3, -0.25) is 0 Å². The number of aromatic nitrogens is 1. The van der Waals surface area contributed by atoms with Gasteiger partial charge in [-0.05, 0) is 32.0 Å². The Labute approximate surface area is 137 Å². The van der Waals surface area contributed by atoms with Crippen molar-refractivity contribution in [2.45, 2.75) is 23.8 Å². The second-order valence-electron chi connectivity index (χ2n) is 6.13. The summed E-state index contributed by atoms with van der Waals surface area (Å²) in [5.74, 6) is 0.669. The van der Waals surface area contributed by atoms with Crippen LogP contribution in [-0.2, 0) is 14.8 Å². The molecule has 3 heterocycles. The van der Waals surface area contributed by atoms with Gasteiger partial charge >= 0.3 is 0 Å². The zero-order valence-corrected chi connectivity index (χ0v) is 14.3. The Bertz CT molecular complexity index is 614. The Morgan fingerprint density at radius 1 is 1.30 bits per heavy atom. The smallest absolute Gasteiger partial charge is 0.244 e. The van der Waals surface area contributed by atoms with E-state index in [4.69, 9.17) is 4.74 Å². The molecule has 2 saturated heterocycles. The maximum Gasteiger partial charge on any atom is 0.244 e. The molecule has 0 aromatic carbocycles. The maximum atomic E-state index is 12.4. The zero-order chi connectivity index (χ0) is 16.3. The van der Waals surface area contributed by atoms with Crippen LogP contribution in [0, 0.1) is 0 Å². The van der Waals surface area contributed by atoms with Crippen LogP contribution in [-0.4, -0.2) is 75.1 Å². The van der Waals surface area contributed by atoms with E-state index in [1.54, 1.807) is 12.1 Å². The van der Waals surface area contributed by atoms with Crippen molar-refractivity contribution in [3.05, 3.63) is 18.3 Å². The molecule has 1 unspecified atom stereocenters. The fraction of sp³-hybridized carbons (Fsp3) is 0.667. The number of likely N-dealkylation sites (N-methyl/N-ethyl adjacent to an activating group) is 1. The van der Waals surface area contributed by atoms with Gasteiger partial charge in [0.2, 0.25) is 10.0 Å². The van der Waals surface area contributed by atoms with Gasteiger partial charge in [0.15, 0.2) is 0 Å². The molecule has 1 atom stereocenters. The second kappa shape index (κ2) is 7.12. The lowest BCUT2D eigenvalue weighted by atomic mass is 10.3. The van der Waals surface area contributed by atoms with Gasteiger partial charge in [0.25, 0.3) is 0 Å². The van der Waals surface area contributed by atoms with Gasteiger partial charge in [-0.2, -0.15) is 4.31 Å². The van der Waals surface area contributed by atoms with Gasteiger partial charge in [-0.1, -0.05) is 0 Å². The summed E-state index contributed by atoms with van der Waals surface area (Å²) >= 11 is 0. The Morgan fingerprint density at radius 2 is 2.09 bits per heavy atom. The SMILES string of the molecule is CN1CCOC(CNc2ccc(S(=O)(=O)N3CCCC3)cn2)C1. The van der Waals surface area contributed by atoms with Crippen molar-refractivity contribution in [1.82, 2.24) is 14.2 Å². The van der Waals surface area contributed by atoms with Crippen molar-refractivity contribution >= 4 is 15.8 Å². The van der Waals surface area contributed by atoms with E-state index in [0.717, 1.165) is 32.5 Å².